The number of pyridine rings is 1. The molecule has 0 amide bonds. The number of halogens is 4. The van der Waals surface area contributed by atoms with Crippen molar-refractivity contribution in [3.8, 4) is 0 Å². The van der Waals surface area contributed by atoms with Crippen LogP contribution in [0, 0.1) is 5.82 Å². The largest absolute Gasteiger partial charge is 0.433 e. The normalized spacial score (nSPS) is 11.8. The van der Waals surface area contributed by atoms with Crippen molar-refractivity contribution >= 4 is 16.6 Å². The molecule has 0 radical (unpaired) electrons. The van der Waals surface area contributed by atoms with E-state index in [2.05, 4.69) is 10.3 Å². The maximum atomic E-state index is 13.6. The number of para-hydroxylation sites is 1. The van der Waals surface area contributed by atoms with Crippen molar-refractivity contribution in [3.63, 3.8) is 0 Å². The molecule has 19 heavy (non-hydrogen) atoms. The van der Waals surface area contributed by atoms with E-state index in [4.69, 9.17) is 0 Å². The van der Waals surface area contributed by atoms with Gasteiger partial charge >= 0.3 is 6.18 Å². The highest BCUT2D eigenvalue weighted by atomic mass is 19.4. The van der Waals surface area contributed by atoms with Gasteiger partial charge in [0.1, 0.15) is 17.0 Å². The third-order valence-corrected chi connectivity index (χ3v) is 2.65. The Morgan fingerprint density at radius 3 is 2.63 bits per heavy atom. The molecule has 0 aliphatic carbocycles. The first-order chi connectivity index (χ1) is 8.93. The zero-order valence-electron chi connectivity index (χ0n) is 10.2. The van der Waals surface area contributed by atoms with Gasteiger partial charge in [-0.3, -0.25) is 0 Å². The van der Waals surface area contributed by atoms with Crippen molar-refractivity contribution in [1.82, 2.24) is 4.98 Å². The average molecular weight is 272 g/mol. The summed E-state index contributed by atoms with van der Waals surface area (Å²) in [6.45, 7) is 2.40. The van der Waals surface area contributed by atoms with Crippen molar-refractivity contribution in [2.24, 2.45) is 0 Å². The SMILES string of the molecule is CCCNc1cc(C(F)(F)F)nc2c(F)cccc12. The molecule has 2 aromatic rings. The monoisotopic (exact) mass is 272 g/mol. The van der Waals surface area contributed by atoms with Crippen molar-refractivity contribution in [2.45, 2.75) is 19.5 Å². The molecule has 102 valence electrons. The van der Waals surface area contributed by atoms with Gasteiger partial charge in [-0.1, -0.05) is 19.1 Å². The Morgan fingerprint density at radius 2 is 2.00 bits per heavy atom. The van der Waals surface area contributed by atoms with E-state index < -0.39 is 17.7 Å². The number of benzene rings is 1. The van der Waals surface area contributed by atoms with Crippen molar-refractivity contribution in [3.05, 3.63) is 35.8 Å². The minimum Gasteiger partial charge on any atom is -0.384 e. The summed E-state index contributed by atoms with van der Waals surface area (Å²) in [4.78, 5) is 3.37. The number of aromatic nitrogens is 1. The Kier molecular flexibility index (Phi) is 3.59. The lowest BCUT2D eigenvalue weighted by Crippen LogP contribution is -2.10. The summed E-state index contributed by atoms with van der Waals surface area (Å²) in [5.41, 5.74) is -1.11. The van der Waals surface area contributed by atoms with Gasteiger partial charge in [0.15, 0.2) is 0 Å². The second kappa shape index (κ2) is 5.03. The highest BCUT2D eigenvalue weighted by Gasteiger charge is 2.33. The van der Waals surface area contributed by atoms with Crippen molar-refractivity contribution in [1.29, 1.82) is 0 Å². The molecular formula is C13H12F4N2. The second-order valence-corrected chi connectivity index (χ2v) is 4.12. The Morgan fingerprint density at radius 1 is 1.26 bits per heavy atom. The number of rotatable bonds is 3. The first-order valence-corrected chi connectivity index (χ1v) is 5.84. The summed E-state index contributed by atoms with van der Waals surface area (Å²) < 4.78 is 51.8. The van der Waals surface area contributed by atoms with Crippen LogP contribution in [0.15, 0.2) is 24.3 Å². The Labute approximate surface area is 107 Å². The highest BCUT2D eigenvalue weighted by Crippen LogP contribution is 2.33. The molecule has 2 rings (SSSR count). The first kappa shape index (κ1) is 13.6. The van der Waals surface area contributed by atoms with E-state index in [1.165, 1.54) is 6.07 Å². The van der Waals surface area contributed by atoms with Crippen LogP contribution in [0.25, 0.3) is 10.9 Å². The smallest absolute Gasteiger partial charge is 0.384 e. The molecule has 1 N–H and O–H groups in total. The molecule has 0 aliphatic heterocycles. The zero-order valence-corrected chi connectivity index (χ0v) is 10.2. The molecule has 6 heteroatoms. The second-order valence-electron chi connectivity index (χ2n) is 4.12. The van der Waals surface area contributed by atoms with Crippen LogP contribution in [0.1, 0.15) is 19.0 Å². The maximum absolute atomic E-state index is 13.6. The summed E-state index contributed by atoms with van der Waals surface area (Å²) in [7, 11) is 0. The van der Waals surface area contributed by atoms with E-state index in [-0.39, 0.29) is 11.2 Å². The van der Waals surface area contributed by atoms with Gasteiger partial charge < -0.3 is 5.32 Å². The molecule has 0 unspecified atom stereocenters. The van der Waals surface area contributed by atoms with E-state index in [9.17, 15) is 17.6 Å². The predicted molar refractivity (Wildman–Crippen MR) is 65.5 cm³/mol. The fourth-order valence-electron chi connectivity index (χ4n) is 1.76. The zero-order chi connectivity index (χ0) is 14.0. The fraction of sp³-hybridized carbons (Fsp3) is 0.308. The predicted octanol–water partition coefficient (Wildman–Crippen LogP) is 4.21. The third kappa shape index (κ3) is 2.77. The fourth-order valence-corrected chi connectivity index (χ4v) is 1.76. The van der Waals surface area contributed by atoms with Crippen molar-refractivity contribution in [2.75, 3.05) is 11.9 Å². The van der Waals surface area contributed by atoms with E-state index in [0.29, 0.717) is 11.9 Å². The van der Waals surface area contributed by atoms with Gasteiger partial charge in [0.2, 0.25) is 0 Å². The number of fused-ring (bicyclic) bond motifs is 1. The van der Waals surface area contributed by atoms with Gasteiger partial charge in [0, 0.05) is 17.6 Å². The number of anilines is 1. The molecule has 0 spiro atoms. The number of nitrogens with zero attached hydrogens (tertiary/aromatic N) is 1. The third-order valence-electron chi connectivity index (χ3n) is 2.65. The topological polar surface area (TPSA) is 24.9 Å². The lowest BCUT2D eigenvalue weighted by Gasteiger charge is -2.13. The molecule has 0 bridgehead atoms. The maximum Gasteiger partial charge on any atom is 0.433 e. The minimum atomic E-state index is -4.60. The molecule has 1 heterocycles. The quantitative estimate of drug-likeness (QED) is 0.846. The average Bonchev–Trinajstić information content (AvgIpc) is 2.35. The molecule has 0 saturated heterocycles. The van der Waals surface area contributed by atoms with Gasteiger partial charge in [0.05, 0.1) is 0 Å². The summed E-state index contributed by atoms with van der Waals surface area (Å²) >= 11 is 0. The molecule has 2 nitrogen and oxygen atoms in total. The van der Waals surface area contributed by atoms with E-state index >= 15 is 0 Å². The number of hydrogen-bond donors (Lipinski definition) is 1. The standard InChI is InChI=1S/C13H12F4N2/c1-2-6-18-10-7-11(13(15,16)17)19-12-8(10)4-3-5-9(12)14/h3-5,7H,2,6H2,1H3,(H,18,19). The lowest BCUT2D eigenvalue weighted by molar-refractivity contribution is -0.140. The van der Waals surface area contributed by atoms with Crippen molar-refractivity contribution < 1.29 is 17.6 Å². The lowest BCUT2D eigenvalue weighted by atomic mass is 10.1. The van der Waals surface area contributed by atoms with E-state index in [0.717, 1.165) is 18.6 Å². The van der Waals surface area contributed by atoms with Gasteiger partial charge in [-0.2, -0.15) is 13.2 Å². The van der Waals surface area contributed by atoms with E-state index in [1.807, 2.05) is 6.92 Å². The molecular weight excluding hydrogens is 260 g/mol. The van der Waals surface area contributed by atoms with Crippen LogP contribution in [0.3, 0.4) is 0 Å². The van der Waals surface area contributed by atoms with Crippen LogP contribution in [0.2, 0.25) is 0 Å². The van der Waals surface area contributed by atoms with Crippen LogP contribution < -0.4 is 5.32 Å². The van der Waals surface area contributed by atoms with Gasteiger partial charge in [-0.25, -0.2) is 9.37 Å². The summed E-state index contributed by atoms with van der Waals surface area (Å²) in [6, 6.07) is 5.00. The Hall–Kier alpha value is -1.85. The Balaban J connectivity index is 2.66. The molecule has 0 saturated carbocycles. The van der Waals surface area contributed by atoms with Crippen LogP contribution in [0.4, 0.5) is 23.2 Å². The molecule has 0 aliphatic rings. The molecule has 1 aromatic carbocycles. The molecule has 0 atom stereocenters. The van der Waals surface area contributed by atoms with Gasteiger partial charge in [-0.15, -0.1) is 0 Å². The van der Waals surface area contributed by atoms with Crippen LogP contribution in [-0.2, 0) is 6.18 Å². The Bertz CT molecular complexity index is 593. The number of alkyl halides is 3. The van der Waals surface area contributed by atoms with Gasteiger partial charge in [0.25, 0.3) is 0 Å². The minimum absolute atomic E-state index is 0.249. The molecule has 1 aromatic heterocycles. The number of nitrogens with one attached hydrogen (secondary N) is 1. The van der Waals surface area contributed by atoms with Gasteiger partial charge in [-0.05, 0) is 18.6 Å². The first-order valence-electron chi connectivity index (χ1n) is 5.84. The van der Waals surface area contributed by atoms with Crippen LogP contribution in [0.5, 0.6) is 0 Å². The summed E-state index contributed by atoms with van der Waals surface area (Å²) in [5.74, 6) is -0.761. The summed E-state index contributed by atoms with van der Waals surface area (Å²) in [6.07, 6.45) is -3.85. The van der Waals surface area contributed by atoms with Crippen LogP contribution in [-0.4, -0.2) is 11.5 Å². The summed E-state index contributed by atoms with van der Waals surface area (Å²) in [5, 5.41) is 3.22. The van der Waals surface area contributed by atoms with Crippen LogP contribution >= 0.6 is 0 Å². The van der Waals surface area contributed by atoms with E-state index in [1.54, 1.807) is 6.07 Å². The number of hydrogen-bond acceptors (Lipinski definition) is 2. The molecule has 0 fully saturated rings. The highest BCUT2D eigenvalue weighted by molar-refractivity contribution is 5.91.